The Morgan fingerprint density at radius 1 is 1.27 bits per heavy atom. The highest BCUT2D eigenvalue weighted by Crippen LogP contribution is 2.18. The number of nitrogens with zero attached hydrogens (tertiary/aromatic N) is 2. The maximum Gasteiger partial charge on any atom is 0.309 e. The van der Waals surface area contributed by atoms with Crippen LogP contribution in [0.2, 0.25) is 0 Å². The summed E-state index contributed by atoms with van der Waals surface area (Å²) in [5, 5.41) is 3.38. The average molecular weight is 361 g/mol. The topological polar surface area (TPSA) is 63.2 Å². The van der Waals surface area contributed by atoms with Gasteiger partial charge in [-0.15, -0.1) is 0 Å². The molecule has 0 unspecified atom stereocenters. The molecule has 0 amide bonds. The number of likely N-dealkylation sites (tertiary alicyclic amines) is 1. The Labute approximate surface area is 156 Å². The first-order valence-electron chi connectivity index (χ1n) is 9.45. The molecule has 26 heavy (non-hydrogen) atoms. The molecule has 0 atom stereocenters. The van der Waals surface area contributed by atoms with Gasteiger partial charge in [-0.1, -0.05) is 17.7 Å². The normalized spacial score (nSPS) is 15.7. The van der Waals surface area contributed by atoms with Crippen LogP contribution < -0.4 is 10.1 Å². The fourth-order valence-corrected chi connectivity index (χ4v) is 3.02. The Morgan fingerprint density at radius 3 is 2.58 bits per heavy atom. The summed E-state index contributed by atoms with van der Waals surface area (Å²) >= 11 is 0. The van der Waals surface area contributed by atoms with Crippen molar-refractivity contribution >= 4 is 11.9 Å². The lowest BCUT2D eigenvalue weighted by molar-refractivity contribution is -0.149. The number of guanidine groups is 1. The monoisotopic (exact) mass is 361 g/mol. The number of ether oxygens (including phenoxy) is 2. The summed E-state index contributed by atoms with van der Waals surface area (Å²) in [5.41, 5.74) is 1.23. The second-order valence-electron chi connectivity index (χ2n) is 6.50. The molecular weight excluding hydrogens is 330 g/mol. The van der Waals surface area contributed by atoms with Crippen molar-refractivity contribution in [3.8, 4) is 5.75 Å². The van der Waals surface area contributed by atoms with E-state index in [1.807, 2.05) is 19.1 Å². The van der Waals surface area contributed by atoms with Crippen molar-refractivity contribution < 1.29 is 14.3 Å². The second-order valence-corrected chi connectivity index (χ2v) is 6.50. The van der Waals surface area contributed by atoms with Crippen LogP contribution in [0.1, 0.15) is 31.7 Å². The van der Waals surface area contributed by atoms with Crippen molar-refractivity contribution in [2.45, 2.75) is 33.1 Å². The number of piperidine rings is 1. The highest BCUT2D eigenvalue weighted by atomic mass is 16.5. The van der Waals surface area contributed by atoms with E-state index in [2.05, 4.69) is 34.3 Å². The van der Waals surface area contributed by atoms with Crippen molar-refractivity contribution in [2.75, 3.05) is 39.9 Å². The molecule has 144 valence electrons. The maximum atomic E-state index is 11.8. The molecule has 6 heteroatoms. The predicted molar refractivity (Wildman–Crippen MR) is 104 cm³/mol. The summed E-state index contributed by atoms with van der Waals surface area (Å²) in [6, 6.07) is 8.09. The standard InChI is InChI=1S/C20H31N3O3/c1-4-25-19(24)17-10-13-23(14-11-17)20(21-3)22-12-5-15-26-18-8-6-16(2)7-9-18/h6-9,17H,4-5,10-15H2,1-3H3,(H,21,22). The van der Waals surface area contributed by atoms with Crippen LogP contribution in [-0.2, 0) is 9.53 Å². The minimum Gasteiger partial charge on any atom is -0.494 e. The molecule has 1 aliphatic heterocycles. The van der Waals surface area contributed by atoms with Gasteiger partial charge in [-0.25, -0.2) is 0 Å². The number of aliphatic imine (C=N–C) groups is 1. The summed E-state index contributed by atoms with van der Waals surface area (Å²) < 4.78 is 10.9. The molecule has 1 N–H and O–H groups in total. The number of carbonyl (C=O) groups excluding carboxylic acids is 1. The number of nitrogens with one attached hydrogen (secondary N) is 1. The Bertz CT molecular complexity index is 578. The van der Waals surface area contributed by atoms with Gasteiger partial charge in [0.25, 0.3) is 0 Å². The van der Waals surface area contributed by atoms with E-state index < -0.39 is 0 Å². The third-order valence-corrected chi connectivity index (χ3v) is 4.52. The molecule has 0 spiro atoms. The number of aryl methyl sites for hydroxylation is 1. The molecule has 0 aliphatic carbocycles. The van der Waals surface area contributed by atoms with E-state index in [1.54, 1.807) is 7.05 Å². The number of benzene rings is 1. The lowest BCUT2D eigenvalue weighted by Gasteiger charge is -2.33. The number of rotatable bonds is 7. The molecule has 0 aromatic heterocycles. The van der Waals surface area contributed by atoms with Gasteiger partial charge in [0.1, 0.15) is 5.75 Å². The lowest BCUT2D eigenvalue weighted by Crippen LogP contribution is -2.47. The molecule has 1 aromatic carbocycles. The van der Waals surface area contributed by atoms with Crippen LogP contribution in [0.4, 0.5) is 0 Å². The van der Waals surface area contributed by atoms with Gasteiger partial charge in [0, 0.05) is 26.7 Å². The molecule has 6 nitrogen and oxygen atoms in total. The van der Waals surface area contributed by atoms with E-state index in [9.17, 15) is 4.79 Å². The Hall–Kier alpha value is -2.24. The molecule has 1 aromatic rings. The van der Waals surface area contributed by atoms with E-state index in [0.717, 1.165) is 50.6 Å². The predicted octanol–water partition coefficient (Wildman–Crippen LogP) is 2.61. The van der Waals surface area contributed by atoms with Crippen LogP contribution in [0.25, 0.3) is 0 Å². The minimum absolute atomic E-state index is 0.0206. The van der Waals surface area contributed by atoms with E-state index in [0.29, 0.717) is 13.2 Å². The number of carbonyl (C=O) groups is 1. The van der Waals surface area contributed by atoms with Crippen molar-refractivity contribution in [1.29, 1.82) is 0 Å². The minimum atomic E-state index is -0.0663. The summed E-state index contributed by atoms with van der Waals surface area (Å²) in [5.74, 6) is 1.75. The summed E-state index contributed by atoms with van der Waals surface area (Å²) in [6.45, 7) is 7.48. The molecule has 2 rings (SSSR count). The van der Waals surface area contributed by atoms with Crippen LogP contribution in [-0.4, -0.2) is 56.7 Å². The summed E-state index contributed by atoms with van der Waals surface area (Å²) in [7, 11) is 1.79. The van der Waals surface area contributed by atoms with Crippen molar-refractivity contribution in [3.05, 3.63) is 29.8 Å². The lowest BCUT2D eigenvalue weighted by atomic mass is 9.97. The van der Waals surface area contributed by atoms with Crippen LogP contribution in [0.3, 0.4) is 0 Å². The molecular formula is C20H31N3O3. The molecule has 1 saturated heterocycles. The van der Waals surface area contributed by atoms with Crippen molar-refractivity contribution in [2.24, 2.45) is 10.9 Å². The fraction of sp³-hybridized carbons (Fsp3) is 0.600. The Kier molecular flexibility index (Phi) is 8.25. The van der Waals surface area contributed by atoms with Gasteiger partial charge in [0.15, 0.2) is 5.96 Å². The van der Waals surface area contributed by atoms with Gasteiger partial charge in [0.2, 0.25) is 0 Å². The fourth-order valence-electron chi connectivity index (χ4n) is 3.02. The first-order chi connectivity index (χ1) is 12.6. The summed E-state index contributed by atoms with van der Waals surface area (Å²) in [4.78, 5) is 18.4. The first kappa shape index (κ1) is 20.1. The van der Waals surface area contributed by atoms with Gasteiger partial charge >= 0.3 is 5.97 Å². The zero-order valence-corrected chi connectivity index (χ0v) is 16.2. The summed E-state index contributed by atoms with van der Waals surface area (Å²) in [6.07, 6.45) is 2.53. The van der Waals surface area contributed by atoms with Gasteiger partial charge in [-0.3, -0.25) is 9.79 Å². The smallest absolute Gasteiger partial charge is 0.309 e. The van der Waals surface area contributed by atoms with Crippen LogP contribution in [0.5, 0.6) is 5.75 Å². The second kappa shape index (κ2) is 10.7. The van der Waals surface area contributed by atoms with Crippen LogP contribution >= 0.6 is 0 Å². The molecule has 1 fully saturated rings. The van der Waals surface area contributed by atoms with Crippen LogP contribution in [0.15, 0.2) is 29.3 Å². The van der Waals surface area contributed by atoms with E-state index in [4.69, 9.17) is 9.47 Å². The zero-order valence-electron chi connectivity index (χ0n) is 16.2. The van der Waals surface area contributed by atoms with Gasteiger partial charge < -0.3 is 19.7 Å². The first-order valence-corrected chi connectivity index (χ1v) is 9.45. The third kappa shape index (κ3) is 6.24. The SMILES string of the molecule is CCOC(=O)C1CCN(C(=NC)NCCCOc2ccc(C)cc2)CC1. The molecule has 0 radical (unpaired) electrons. The highest BCUT2D eigenvalue weighted by molar-refractivity contribution is 5.80. The van der Waals surface area contributed by atoms with Gasteiger partial charge in [0.05, 0.1) is 19.1 Å². The van der Waals surface area contributed by atoms with E-state index in [1.165, 1.54) is 5.56 Å². The third-order valence-electron chi connectivity index (χ3n) is 4.52. The highest BCUT2D eigenvalue weighted by Gasteiger charge is 2.27. The average Bonchev–Trinajstić information content (AvgIpc) is 2.66. The van der Waals surface area contributed by atoms with Crippen molar-refractivity contribution in [3.63, 3.8) is 0 Å². The zero-order chi connectivity index (χ0) is 18.8. The molecule has 0 bridgehead atoms. The maximum absolute atomic E-state index is 11.8. The molecule has 0 saturated carbocycles. The number of hydrogen-bond donors (Lipinski definition) is 1. The van der Waals surface area contributed by atoms with Crippen LogP contribution in [0, 0.1) is 12.8 Å². The quantitative estimate of drug-likeness (QED) is 0.350. The molecule has 1 heterocycles. The van der Waals surface area contributed by atoms with Gasteiger partial charge in [-0.2, -0.15) is 0 Å². The van der Waals surface area contributed by atoms with Gasteiger partial charge in [-0.05, 0) is 45.2 Å². The number of hydrogen-bond acceptors (Lipinski definition) is 4. The van der Waals surface area contributed by atoms with E-state index >= 15 is 0 Å². The van der Waals surface area contributed by atoms with Crippen molar-refractivity contribution in [1.82, 2.24) is 10.2 Å². The largest absolute Gasteiger partial charge is 0.494 e. The molecule has 1 aliphatic rings. The number of esters is 1. The Morgan fingerprint density at radius 2 is 1.96 bits per heavy atom. The van der Waals surface area contributed by atoms with E-state index in [-0.39, 0.29) is 11.9 Å². The Balaban J connectivity index is 1.65.